The second-order valence-electron chi connectivity index (χ2n) is 4.44. The molecule has 102 valence electrons. The lowest BCUT2D eigenvalue weighted by Gasteiger charge is -2.16. The maximum Gasteiger partial charge on any atom is 0.258 e. The van der Waals surface area contributed by atoms with Gasteiger partial charge in [-0.1, -0.05) is 24.3 Å². The first-order chi connectivity index (χ1) is 9.75. The second-order valence-corrected chi connectivity index (χ2v) is 5.42. The second kappa shape index (κ2) is 5.44. The molecule has 0 bridgehead atoms. The van der Waals surface area contributed by atoms with Crippen LogP contribution in [0.5, 0.6) is 0 Å². The molecular weight excluding hydrogens is 274 g/mol. The van der Waals surface area contributed by atoms with E-state index >= 15 is 0 Å². The Morgan fingerprint density at radius 1 is 1.15 bits per heavy atom. The SMILES string of the molecule is O=C(N[C@H]1C(=O)NN[C@H]1c1cccs1)c1ccccc1. The summed E-state index contributed by atoms with van der Waals surface area (Å²) in [6, 6.07) is 11.9. The first-order valence-electron chi connectivity index (χ1n) is 6.20. The molecule has 1 aliphatic rings. The zero-order chi connectivity index (χ0) is 13.9. The predicted molar refractivity (Wildman–Crippen MR) is 76.0 cm³/mol. The van der Waals surface area contributed by atoms with Crippen LogP contribution >= 0.6 is 11.3 Å². The average molecular weight is 287 g/mol. The minimum atomic E-state index is -0.610. The molecule has 0 spiro atoms. The fraction of sp³-hybridized carbons (Fsp3) is 0.143. The van der Waals surface area contributed by atoms with Crippen molar-refractivity contribution in [3.05, 3.63) is 58.3 Å². The number of amides is 2. The van der Waals surface area contributed by atoms with Crippen molar-refractivity contribution >= 4 is 23.2 Å². The molecule has 0 radical (unpaired) electrons. The van der Waals surface area contributed by atoms with Gasteiger partial charge in [0.25, 0.3) is 11.8 Å². The van der Waals surface area contributed by atoms with Crippen LogP contribution < -0.4 is 16.2 Å². The van der Waals surface area contributed by atoms with Crippen LogP contribution in [-0.2, 0) is 4.79 Å². The molecule has 1 aliphatic heterocycles. The number of carbonyl (C=O) groups excluding carboxylic acids is 2. The highest BCUT2D eigenvalue weighted by Crippen LogP contribution is 2.24. The summed E-state index contributed by atoms with van der Waals surface area (Å²) in [5, 5.41) is 4.72. The Labute approximate surface area is 120 Å². The standard InChI is InChI=1S/C14H13N3O2S/c18-13(9-5-2-1-3-6-9)15-12-11(16-17-14(12)19)10-7-4-8-20-10/h1-8,11-12,16H,(H,15,18)(H,17,19)/t11-,12+/m0/s1. The fourth-order valence-corrected chi connectivity index (χ4v) is 2.94. The van der Waals surface area contributed by atoms with E-state index in [9.17, 15) is 9.59 Å². The van der Waals surface area contributed by atoms with Gasteiger partial charge in [-0.25, -0.2) is 5.43 Å². The summed E-state index contributed by atoms with van der Waals surface area (Å²) in [6.45, 7) is 0. The summed E-state index contributed by atoms with van der Waals surface area (Å²) in [4.78, 5) is 25.0. The van der Waals surface area contributed by atoms with E-state index in [-0.39, 0.29) is 17.9 Å². The van der Waals surface area contributed by atoms with Crippen molar-refractivity contribution < 1.29 is 9.59 Å². The molecule has 0 aliphatic carbocycles. The number of hydrogen-bond acceptors (Lipinski definition) is 4. The van der Waals surface area contributed by atoms with Gasteiger partial charge in [-0.3, -0.25) is 15.0 Å². The van der Waals surface area contributed by atoms with E-state index in [2.05, 4.69) is 16.2 Å². The molecule has 2 amide bonds. The molecule has 1 saturated heterocycles. The number of rotatable bonds is 3. The van der Waals surface area contributed by atoms with Crippen molar-refractivity contribution in [3.8, 4) is 0 Å². The first kappa shape index (κ1) is 12.8. The fourth-order valence-electron chi connectivity index (χ4n) is 2.13. The molecule has 0 unspecified atom stereocenters. The topological polar surface area (TPSA) is 70.2 Å². The van der Waals surface area contributed by atoms with E-state index in [0.717, 1.165) is 4.88 Å². The zero-order valence-electron chi connectivity index (χ0n) is 10.5. The third-order valence-electron chi connectivity index (χ3n) is 3.14. The minimum absolute atomic E-state index is 0.229. The van der Waals surface area contributed by atoms with Gasteiger partial charge in [0.2, 0.25) is 0 Å². The molecule has 3 N–H and O–H groups in total. The molecule has 0 saturated carbocycles. The smallest absolute Gasteiger partial charge is 0.258 e. The summed E-state index contributed by atoms with van der Waals surface area (Å²) >= 11 is 1.54. The van der Waals surface area contributed by atoms with Gasteiger partial charge in [0, 0.05) is 10.4 Å². The molecule has 1 fully saturated rings. The van der Waals surface area contributed by atoms with Gasteiger partial charge in [-0.2, -0.15) is 0 Å². The monoisotopic (exact) mass is 287 g/mol. The highest BCUT2D eigenvalue weighted by molar-refractivity contribution is 7.10. The third-order valence-corrected chi connectivity index (χ3v) is 4.09. The van der Waals surface area contributed by atoms with Crippen LogP contribution in [0.3, 0.4) is 0 Å². The van der Waals surface area contributed by atoms with Gasteiger partial charge < -0.3 is 5.32 Å². The normalized spacial score (nSPS) is 21.5. The van der Waals surface area contributed by atoms with Crippen molar-refractivity contribution in [2.75, 3.05) is 0 Å². The van der Waals surface area contributed by atoms with Crippen LogP contribution in [0.2, 0.25) is 0 Å². The van der Waals surface area contributed by atoms with Crippen molar-refractivity contribution in [1.82, 2.24) is 16.2 Å². The van der Waals surface area contributed by atoms with Crippen LogP contribution in [-0.4, -0.2) is 17.9 Å². The lowest BCUT2D eigenvalue weighted by molar-refractivity contribution is -0.121. The quantitative estimate of drug-likeness (QED) is 0.795. The van der Waals surface area contributed by atoms with E-state index in [0.29, 0.717) is 5.56 Å². The Balaban J connectivity index is 1.78. The highest BCUT2D eigenvalue weighted by Gasteiger charge is 2.37. The molecule has 2 heterocycles. The van der Waals surface area contributed by atoms with E-state index in [4.69, 9.17) is 0 Å². The van der Waals surface area contributed by atoms with E-state index in [1.54, 1.807) is 35.6 Å². The molecule has 3 rings (SSSR count). The molecule has 2 atom stereocenters. The van der Waals surface area contributed by atoms with Crippen LogP contribution in [0, 0.1) is 0 Å². The number of nitrogens with one attached hydrogen (secondary N) is 3. The van der Waals surface area contributed by atoms with E-state index < -0.39 is 6.04 Å². The largest absolute Gasteiger partial charge is 0.338 e. The lowest BCUT2D eigenvalue weighted by atomic mass is 10.1. The minimum Gasteiger partial charge on any atom is -0.338 e. The lowest BCUT2D eigenvalue weighted by Crippen LogP contribution is -2.42. The molecule has 20 heavy (non-hydrogen) atoms. The van der Waals surface area contributed by atoms with Gasteiger partial charge in [0.15, 0.2) is 0 Å². The van der Waals surface area contributed by atoms with Gasteiger partial charge in [-0.15, -0.1) is 11.3 Å². The zero-order valence-corrected chi connectivity index (χ0v) is 11.3. The third kappa shape index (κ3) is 2.43. The highest BCUT2D eigenvalue weighted by atomic mass is 32.1. The summed E-state index contributed by atoms with van der Waals surface area (Å²) in [5.74, 6) is -0.483. The molecule has 1 aromatic carbocycles. The number of thiophene rings is 1. The van der Waals surface area contributed by atoms with Crippen LogP contribution in [0.1, 0.15) is 21.3 Å². The number of carbonyl (C=O) groups is 2. The molecule has 5 nitrogen and oxygen atoms in total. The number of benzene rings is 1. The Morgan fingerprint density at radius 3 is 2.65 bits per heavy atom. The van der Waals surface area contributed by atoms with Crippen LogP contribution in [0.4, 0.5) is 0 Å². The van der Waals surface area contributed by atoms with Crippen molar-refractivity contribution in [1.29, 1.82) is 0 Å². The summed E-state index contributed by atoms with van der Waals surface area (Å²) < 4.78 is 0. The van der Waals surface area contributed by atoms with Crippen molar-refractivity contribution in [2.45, 2.75) is 12.1 Å². The van der Waals surface area contributed by atoms with Crippen molar-refractivity contribution in [2.24, 2.45) is 0 Å². The predicted octanol–water partition coefficient (Wildman–Crippen LogP) is 1.22. The maximum absolute atomic E-state index is 12.1. The summed E-state index contributed by atoms with van der Waals surface area (Å²) in [6.07, 6.45) is 0. The Hall–Kier alpha value is -2.18. The van der Waals surface area contributed by atoms with Crippen molar-refractivity contribution in [3.63, 3.8) is 0 Å². The molecule has 1 aromatic heterocycles. The number of hydrogen-bond donors (Lipinski definition) is 3. The van der Waals surface area contributed by atoms with E-state index in [1.807, 2.05) is 23.6 Å². The molecular formula is C14H13N3O2S. The van der Waals surface area contributed by atoms with Gasteiger partial charge >= 0.3 is 0 Å². The first-order valence-corrected chi connectivity index (χ1v) is 7.08. The Morgan fingerprint density at radius 2 is 1.95 bits per heavy atom. The Bertz CT molecular complexity index is 613. The molecule has 2 aromatic rings. The van der Waals surface area contributed by atoms with Gasteiger partial charge in [0.1, 0.15) is 6.04 Å². The summed E-state index contributed by atoms with van der Waals surface area (Å²) in [5.41, 5.74) is 6.02. The Kier molecular flexibility index (Phi) is 3.49. The average Bonchev–Trinajstić information content (AvgIpc) is 3.11. The van der Waals surface area contributed by atoms with E-state index in [1.165, 1.54) is 0 Å². The maximum atomic E-state index is 12.1. The van der Waals surface area contributed by atoms with Gasteiger partial charge in [-0.05, 0) is 23.6 Å². The summed E-state index contributed by atoms with van der Waals surface area (Å²) in [7, 11) is 0. The number of hydrazine groups is 1. The molecule has 6 heteroatoms. The van der Waals surface area contributed by atoms with Gasteiger partial charge in [0.05, 0.1) is 6.04 Å². The van der Waals surface area contributed by atoms with Crippen LogP contribution in [0.25, 0.3) is 0 Å². The van der Waals surface area contributed by atoms with Crippen LogP contribution in [0.15, 0.2) is 47.8 Å².